The molecule has 0 spiro atoms. The van der Waals surface area contributed by atoms with Crippen molar-refractivity contribution >= 4 is 15.9 Å². The van der Waals surface area contributed by atoms with E-state index >= 15 is 0 Å². The zero-order valence-electron chi connectivity index (χ0n) is 7.51. The third-order valence-electron chi connectivity index (χ3n) is 2.63. The van der Waals surface area contributed by atoms with Gasteiger partial charge in [-0.1, -0.05) is 0 Å². The third kappa shape index (κ3) is 1.46. The molecule has 6 nitrogen and oxygen atoms in total. The zero-order chi connectivity index (χ0) is 10.3. The van der Waals surface area contributed by atoms with Gasteiger partial charge in [-0.05, 0) is 0 Å². The Bertz CT molecular complexity index is 353. The lowest BCUT2D eigenvalue weighted by Gasteiger charge is -2.19. The van der Waals surface area contributed by atoms with Gasteiger partial charge in [0, 0.05) is 6.54 Å². The van der Waals surface area contributed by atoms with E-state index in [4.69, 9.17) is 5.11 Å². The smallest absolute Gasteiger partial charge is 0.318 e. The first-order valence-electron chi connectivity index (χ1n) is 4.42. The van der Waals surface area contributed by atoms with Crippen LogP contribution >= 0.6 is 0 Å². The maximum atomic E-state index is 11.3. The SMILES string of the molecule is O=C1NC2CS(=O)(=O)CC2N1CCO. The first-order chi connectivity index (χ1) is 6.53. The van der Waals surface area contributed by atoms with E-state index in [1.165, 1.54) is 4.90 Å². The molecule has 2 fully saturated rings. The Balaban J connectivity index is 2.17. The lowest BCUT2D eigenvalue weighted by Crippen LogP contribution is -2.38. The molecule has 0 bridgehead atoms. The molecular weight excluding hydrogens is 208 g/mol. The number of nitrogens with one attached hydrogen (secondary N) is 1. The Labute approximate surface area is 81.8 Å². The second-order valence-electron chi connectivity index (χ2n) is 3.62. The van der Waals surface area contributed by atoms with Gasteiger partial charge in [0.15, 0.2) is 9.84 Å². The molecule has 14 heavy (non-hydrogen) atoms. The highest BCUT2D eigenvalue weighted by Gasteiger charge is 2.48. The fourth-order valence-electron chi connectivity index (χ4n) is 2.04. The molecule has 0 aliphatic carbocycles. The van der Waals surface area contributed by atoms with Crippen molar-refractivity contribution < 1.29 is 18.3 Å². The summed E-state index contributed by atoms with van der Waals surface area (Å²) in [7, 11) is -3.02. The van der Waals surface area contributed by atoms with E-state index in [1.54, 1.807) is 0 Å². The highest BCUT2D eigenvalue weighted by Crippen LogP contribution is 2.23. The highest BCUT2D eigenvalue weighted by atomic mass is 32.2. The van der Waals surface area contributed by atoms with Crippen LogP contribution in [0.3, 0.4) is 0 Å². The van der Waals surface area contributed by atoms with Crippen molar-refractivity contribution in [2.45, 2.75) is 12.1 Å². The van der Waals surface area contributed by atoms with Crippen LogP contribution in [0.2, 0.25) is 0 Å². The molecule has 2 rings (SSSR count). The summed E-state index contributed by atoms with van der Waals surface area (Å²) >= 11 is 0. The summed E-state index contributed by atoms with van der Waals surface area (Å²) in [6.07, 6.45) is 0. The van der Waals surface area contributed by atoms with Crippen LogP contribution in [0, 0.1) is 0 Å². The first kappa shape index (κ1) is 9.72. The van der Waals surface area contributed by atoms with Crippen LogP contribution in [0.5, 0.6) is 0 Å². The Hall–Kier alpha value is -0.820. The highest BCUT2D eigenvalue weighted by molar-refractivity contribution is 7.91. The molecule has 2 aliphatic heterocycles. The van der Waals surface area contributed by atoms with Crippen LogP contribution in [-0.4, -0.2) is 61.2 Å². The van der Waals surface area contributed by atoms with Gasteiger partial charge < -0.3 is 15.3 Å². The number of sulfone groups is 1. The van der Waals surface area contributed by atoms with Gasteiger partial charge >= 0.3 is 6.03 Å². The topological polar surface area (TPSA) is 86.7 Å². The van der Waals surface area contributed by atoms with E-state index in [-0.39, 0.29) is 42.8 Å². The summed E-state index contributed by atoms with van der Waals surface area (Å²) in [5.41, 5.74) is 0. The number of amides is 2. The van der Waals surface area contributed by atoms with Gasteiger partial charge in [0.2, 0.25) is 0 Å². The molecule has 0 aromatic carbocycles. The summed E-state index contributed by atoms with van der Waals surface area (Å²) in [5.74, 6) is 0.0295. The minimum atomic E-state index is -3.02. The number of hydrogen-bond donors (Lipinski definition) is 2. The summed E-state index contributed by atoms with van der Waals surface area (Å²) in [4.78, 5) is 12.7. The van der Waals surface area contributed by atoms with E-state index in [2.05, 4.69) is 5.32 Å². The molecule has 2 saturated heterocycles. The number of urea groups is 1. The number of hydrogen-bond acceptors (Lipinski definition) is 4. The van der Waals surface area contributed by atoms with Crippen LogP contribution in [0.4, 0.5) is 4.79 Å². The van der Waals surface area contributed by atoms with Crippen molar-refractivity contribution in [2.75, 3.05) is 24.7 Å². The van der Waals surface area contributed by atoms with E-state index in [1.807, 2.05) is 0 Å². The van der Waals surface area contributed by atoms with Gasteiger partial charge in [-0.15, -0.1) is 0 Å². The molecule has 0 aromatic rings. The van der Waals surface area contributed by atoms with Crippen molar-refractivity contribution in [3.63, 3.8) is 0 Å². The van der Waals surface area contributed by atoms with Crippen molar-refractivity contribution in [3.05, 3.63) is 0 Å². The zero-order valence-corrected chi connectivity index (χ0v) is 8.33. The molecule has 2 amide bonds. The van der Waals surface area contributed by atoms with E-state index < -0.39 is 9.84 Å². The molecule has 0 aromatic heterocycles. The summed E-state index contributed by atoms with van der Waals surface area (Å²) in [6.45, 7) is 0.0548. The Morgan fingerprint density at radius 3 is 2.86 bits per heavy atom. The number of β-amino-alcohol motifs (C(OH)–C–C–N with tert-alkyl or cyclic N) is 1. The van der Waals surface area contributed by atoms with E-state index in [0.29, 0.717) is 0 Å². The van der Waals surface area contributed by atoms with Crippen molar-refractivity contribution in [1.29, 1.82) is 0 Å². The van der Waals surface area contributed by atoms with Crippen LogP contribution < -0.4 is 5.32 Å². The maximum absolute atomic E-state index is 11.3. The molecule has 0 saturated carbocycles. The summed E-state index contributed by atoms with van der Waals surface area (Å²) < 4.78 is 22.5. The minimum Gasteiger partial charge on any atom is -0.395 e. The molecule has 2 aliphatic rings. The third-order valence-corrected chi connectivity index (χ3v) is 4.35. The molecule has 2 N–H and O–H groups in total. The fraction of sp³-hybridized carbons (Fsp3) is 0.857. The second-order valence-corrected chi connectivity index (χ2v) is 5.77. The minimum absolute atomic E-state index is 0.0103. The van der Waals surface area contributed by atoms with Crippen LogP contribution in [0.15, 0.2) is 0 Å². The maximum Gasteiger partial charge on any atom is 0.318 e. The average molecular weight is 220 g/mol. The number of fused-ring (bicyclic) bond motifs is 1. The number of carbonyl (C=O) groups is 1. The standard InChI is InChI=1S/C7H12N2O4S/c10-2-1-9-6-4-14(12,13)3-5(6)8-7(9)11/h5-6,10H,1-4H2,(H,8,11). The van der Waals surface area contributed by atoms with Crippen LogP contribution in [-0.2, 0) is 9.84 Å². The Morgan fingerprint density at radius 2 is 2.21 bits per heavy atom. The summed E-state index contributed by atoms with van der Waals surface area (Å²) in [5, 5.41) is 11.3. The number of nitrogens with zero attached hydrogens (tertiary/aromatic N) is 1. The van der Waals surface area contributed by atoms with Crippen LogP contribution in [0.1, 0.15) is 0 Å². The van der Waals surface area contributed by atoms with Crippen molar-refractivity contribution in [3.8, 4) is 0 Å². The average Bonchev–Trinajstić information content (AvgIpc) is 2.47. The van der Waals surface area contributed by atoms with Gasteiger partial charge in [0.05, 0.1) is 30.2 Å². The normalized spacial score (nSPS) is 34.4. The van der Waals surface area contributed by atoms with E-state index in [0.717, 1.165) is 0 Å². The van der Waals surface area contributed by atoms with Gasteiger partial charge in [0.1, 0.15) is 0 Å². The predicted octanol–water partition coefficient (Wildman–Crippen LogP) is -1.83. The molecule has 2 unspecified atom stereocenters. The molecule has 80 valence electrons. The lowest BCUT2D eigenvalue weighted by atomic mass is 10.2. The molecule has 2 heterocycles. The first-order valence-corrected chi connectivity index (χ1v) is 6.24. The van der Waals surface area contributed by atoms with Crippen LogP contribution in [0.25, 0.3) is 0 Å². The fourth-order valence-corrected chi connectivity index (χ4v) is 3.96. The number of carbonyl (C=O) groups excluding carboxylic acids is 1. The molecular formula is C7H12N2O4S. The number of aliphatic hydroxyl groups excluding tert-OH is 1. The summed E-state index contributed by atoms with van der Waals surface area (Å²) in [6, 6.07) is -0.859. The van der Waals surface area contributed by atoms with Gasteiger partial charge in [-0.2, -0.15) is 0 Å². The lowest BCUT2D eigenvalue weighted by molar-refractivity contribution is 0.182. The molecule has 0 radical (unpaired) electrons. The van der Waals surface area contributed by atoms with Crippen molar-refractivity contribution in [2.24, 2.45) is 0 Å². The monoisotopic (exact) mass is 220 g/mol. The predicted molar refractivity (Wildman–Crippen MR) is 48.6 cm³/mol. The molecule has 7 heteroatoms. The van der Waals surface area contributed by atoms with Gasteiger partial charge in [-0.3, -0.25) is 0 Å². The largest absolute Gasteiger partial charge is 0.395 e. The van der Waals surface area contributed by atoms with Gasteiger partial charge in [0.25, 0.3) is 0 Å². The Kier molecular flexibility index (Phi) is 2.15. The molecule has 2 atom stereocenters. The van der Waals surface area contributed by atoms with E-state index in [9.17, 15) is 13.2 Å². The quantitative estimate of drug-likeness (QED) is 0.536. The number of rotatable bonds is 2. The van der Waals surface area contributed by atoms with Crippen molar-refractivity contribution in [1.82, 2.24) is 10.2 Å². The Morgan fingerprint density at radius 1 is 1.50 bits per heavy atom. The second kappa shape index (κ2) is 3.09. The van der Waals surface area contributed by atoms with Gasteiger partial charge in [-0.25, -0.2) is 13.2 Å². The number of aliphatic hydroxyl groups is 1.